The van der Waals surface area contributed by atoms with Gasteiger partial charge in [0.15, 0.2) is 0 Å². The molecule has 3 heterocycles. The topological polar surface area (TPSA) is 35.6 Å². The van der Waals surface area contributed by atoms with Crippen molar-refractivity contribution < 1.29 is 4.79 Å². The van der Waals surface area contributed by atoms with Crippen LogP contribution in [0.15, 0.2) is 0 Å². The summed E-state index contributed by atoms with van der Waals surface area (Å²) in [5.41, 5.74) is 0. The van der Waals surface area contributed by atoms with Crippen molar-refractivity contribution in [1.82, 2.24) is 15.1 Å². The molecule has 0 spiro atoms. The summed E-state index contributed by atoms with van der Waals surface area (Å²) in [6.45, 7) is 6.44. The third kappa shape index (κ3) is 3.26. The third-order valence-electron chi connectivity index (χ3n) is 6.05. The average Bonchev–Trinajstić information content (AvgIpc) is 2.54. The molecule has 4 unspecified atom stereocenters. The van der Waals surface area contributed by atoms with Crippen molar-refractivity contribution in [2.75, 3.05) is 33.2 Å². The zero-order valence-electron chi connectivity index (χ0n) is 13.7. The highest BCUT2D eigenvalue weighted by Crippen LogP contribution is 2.30. The molecular formula is C17H31N3O. The van der Waals surface area contributed by atoms with Gasteiger partial charge in [-0.25, -0.2) is 0 Å². The van der Waals surface area contributed by atoms with Crippen molar-refractivity contribution in [3.8, 4) is 0 Å². The molecule has 0 aromatic heterocycles. The van der Waals surface area contributed by atoms with Gasteiger partial charge in [-0.15, -0.1) is 0 Å². The number of nitrogens with one attached hydrogen (secondary N) is 1. The highest BCUT2D eigenvalue weighted by molar-refractivity contribution is 5.82. The van der Waals surface area contributed by atoms with E-state index in [0.29, 0.717) is 17.9 Å². The summed E-state index contributed by atoms with van der Waals surface area (Å²) in [6.07, 6.45) is 7.24. The zero-order chi connectivity index (χ0) is 14.8. The van der Waals surface area contributed by atoms with Gasteiger partial charge in [-0.2, -0.15) is 0 Å². The molecule has 4 atom stereocenters. The van der Waals surface area contributed by atoms with Gasteiger partial charge in [0.1, 0.15) is 0 Å². The predicted octanol–water partition coefficient (Wildman–Crippen LogP) is 1.71. The first-order chi connectivity index (χ1) is 10.2. The van der Waals surface area contributed by atoms with E-state index in [9.17, 15) is 4.79 Å². The lowest BCUT2D eigenvalue weighted by atomic mass is 9.83. The first kappa shape index (κ1) is 15.3. The van der Waals surface area contributed by atoms with Gasteiger partial charge in [0.05, 0.1) is 6.04 Å². The van der Waals surface area contributed by atoms with E-state index in [0.717, 1.165) is 38.4 Å². The van der Waals surface area contributed by atoms with Crippen LogP contribution >= 0.6 is 0 Å². The fourth-order valence-electron chi connectivity index (χ4n) is 4.63. The van der Waals surface area contributed by atoms with Gasteiger partial charge in [0.2, 0.25) is 5.91 Å². The van der Waals surface area contributed by atoms with Crippen LogP contribution in [-0.4, -0.2) is 61.0 Å². The van der Waals surface area contributed by atoms with Crippen LogP contribution in [0, 0.1) is 11.8 Å². The Morgan fingerprint density at radius 3 is 2.90 bits per heavy atom. The molecule has 0 bridgehead atoms. The van der Waals surface area contributed by atoms with Crippen LogP contribution in [0.4, 0.5) is 0 Å². The minimum atomic E-state index is 0.0848. The molecule has 1 N–H and O–H groups in total. The van der Waals surface area contributed by atoms with E-state index in [1.54, 1.807) is 0 Å². The van der Waals surface area contributed by atoms with Gasteiger partial charge in [-0.3, -0.25) is 4.79 Å². The molecule has 3 rings (SSSR count). The summed E-state index contributed by atoms with van der Waals surface area (Å²) in [6, 6.07) is 0.798. The monoisotopic (exact) mass is 293 g/mol. The van der Waals surface area contributed by atoms with Crippen LogP contribution in [0.25, 0.3) is 0 Å². The Labute approximate surface area is 129 Å². The molecule has 0 aromatic carbocycles. The lowest BCUT2D eigenvalue weighted by Crippen LogP contribution is -2.57. The summed E-state index contributed by atoms with van der Waals surface area (Å²) >= 11 is 0. The quantitative estimate of drug-likeness (QED) is 0.842. The lowest BCUT2D eigenvalue weighted by Gasteiger charge is -2.47. The van der Waals surface area contributed by atoms with Crippen LogP contribution in [0.3, 0.4) is 0 Å². The summed E-state index contributed by atoms with van der Waals surface area (Å²) in [4.78, 5) is 17.5. The van der Waals surface area contributed by atoms with Gasteiger partial charge >= 0.3 is 0 Å². The molecule has 120 valence electrons. The Morgan fingerprint density at radius 1 is 1.24 bits per heavy atom. The molecule has 0 saturated carbocycles. The first-order valence-corrected chi connectivity index (χ1v) is 8.91. The Morgan fingerprint density at radius 2 is 2.10 bits per heavy atom. The van der Waals surface area contributed by atoms with E-state index >= 15 is 0 Å². The maximum absolute atomic E-state index is 12.8. The summed E-state index contributed by atoms with van der Waals surface area (Å²) in [5, 5.41) is 3.46. The van der Waals surface area contributed by atoms with Gasteiger partial charge < -0.3 is 15.1 Å². The van der Waals surface area contributed by atoms with Gasteiger partial charge in [-0.05, 0) is 64.1 Å². The maximum Gasteiger partial charge on any atom is 0.239 e. The van der Waals surface area contributed by atoms with Crippen LogP contribution in [0.2, 0.25) is 0 Å². The minimum Gasteiger partial charge on any atom is -0.341 e. The molecule has 1 amide bonds. The van der Waals surface area contributed by atoms with E-state index in [2.05, 4.69) is 29.1 Å². The Balaban J connectivity index is 1.58. The second-order valence-electron chi connectivity index (χ2n) is 7.33. The number of amides is 1. The lowest BCUT2D eigenvalue weighted by molar-refractivity contribution is -0.138. The fraction of sp³-hybridized carbons (Fsp3) is 0.941. The van der Waals surface area contributed by atoms with Crippen LogP contribution in [0.5, 0.6) is 0 Å². The highest BCUT2D eigenvalue weighted by Gasteiger charge is 2.38. The summed E-state index contributed by atoms with van der Waals surface area (Å²) in [7, 11) is 2.25. The van der Waals surface area contributed by atoms with Crippen molar-refractivity contribution in [1.29, 1.82) is 0 Å². The van der Waals surface area contributed by atoms with E-state index in [-0.39, 0.29) is 6.04 Å². The van der Waals surface area contributed by atoms with E-state index in [4.69, 9.17) is 0 Å². The smallest absolute Gasteiger partial charge is 0.239 e. The second-order valence-corrected chi connectivity index (χ2v) is 7.33. The van der Waals surface area contributed by atoms with Crippen molar-refractivity contribution in [3.63, 3.8) is 0 Å². The van der Waals surface area contributed by atoms with Crippen molar-refractivity contribution in [2.24, 2.45) is 11.8 Å². The van der Waals surface area contributed by atoms with Crippen molar-refractivity contribution in [3.05, 3.63) is 0 Å². The third-order valence-corrected chi connectivity index (χ3v) is 6.05. The number of carbonyl (C=O) groups excluding carboxylic acids is 1. The number of hydrogen-bond donors (Lipinski definition) is 1. The van der Waals surface area contributed by atoms with E-state index < -0.39 is 0 Å². The Kier molecular flexibility index (Phi) is 4.85. The van der Waals surface area contributed by atoms with Gasteiger partial charge in [0, 0.05) is 19.1 Å². The molecule has 3 aliphatic rings. The molecule has 21 heavy (non-hydrogen) atoms. The standard InChI is InChI=1S/C17H31N3O/c1-3-13-6-8-18-15(11-13)17(21)20-10-7-16-14(12-20)5-4-9-19(16)2/h13-16,18H,3-12H2,1-2H3. The molecule has 3 saturated heterocycles. The second kappa shape index (κ2) is 6.66. The molecular weight excluding hydrogens is 262 g/mol. The number of nitrogens with zero attached hydrogens (tertiary/aromatic N) is 2. The van der Waals surface area contributed by atoms with Crippen LogP contribution in [0.1, 0.15) is 45.4 Å². The number of fused-ring (bicyclic) bond motifs is 1. The summed E-state index contributed by atoms with van der Waals surface area (Å²) in [5.74, 6) is 1.81. The highest BCUT2D eigenvalue weighted by atomic mass is 16.2. The fourth-order valence-corrected chi connectivity index (χ4v) is 4.63. The molecule has 0 aromatic rings. The van der Waals surface area contributed by atoms with E-state index in [1.165, 1.54) is 32.2 Å². The molecule has 4 nitrogen and oxygen atoms in total. The van der Waals surface area contributed by atoms with Crippen molar-refractivity contribution >= 4 is 5.91 Å². The largest absolute Gasteiger partial charge is 0.341 e. The maximum atomic E-state index is 12.8. The summed E-state index contributed by atoms with van der Waals surface area (Å²) < 4.78 is 0. The molecule has 3 fully saturated rings. The number of carbonyl (C=O) groups is 1. The minimum absolute atomic E-state index is 0.0848. The SMILES string of the molecule is CCC1CCNC(C(=O)N2CCC3C(CCCN3C)C2)C1. The molecule has 0 radical (unpaired) electrons. The molecule has 0 aliphatic carbocycles. The molecule has 3 aliphatic heterocycles. The van der Waals surface area contributed by atoms with Gasteiger partial charge in [-0.1, -0.05) is 13.3 Å². The number of piperidine rings is 3. The Hall–Kier alpha value is -0.610. The molecule has 4 heteroatoms. The number of rotatable bonds is 2. The van der Waals surface area contributed by atoms with Crippen LogP contribution in [-0.2, 0) is 4.79 Å². The average molecular weight is 293 g/mol. The zero-order valence-corrected chi connectivity index (χ0v) is 13.7. The Bertz CT molecular complexity index is 373. The predicted molar refractivity (Wildman–Crippen MR) is 85.1 cm³/mol. The van der Waals surface area contributed by atoms with Crippen molar-refractivity contribution in [2.45, 2.75) is 57.5 Å². The van der Waals surface area contributed by atoms with Gasteiger partial charge in [0.25, 0.3) is 0 Å². The number of likely N-dealkylation sites (tertiary alicyclic amines) is 2. The normalized spacial score (nSPS) is 38.1. The van der Waals surface area contributed by atoms with Crippen LogP contribution < -0.4 is 5.32 Å². The first-order valence-electron chi connectivity index (χ1n) is 8.91. The number of hydrogen-bond acceptors (Lipinski definition) is 3. The van der Waals surface area contributed by atoms with E-state index in [1.807, 2.05) is 0 Å².